The van der Waals surface area contributed by atoms with Crippen LogP contribution in [0.4, 0.5) is 17.6 Å². The number of anilines is 3. The van der Waals surface area contributed by atoms with Crippen molar-refractivity contribution in [2.24, 2.45) is 0 Å². The molecule has 34 heavy (non-hydrogen) atoms. The van der Waals surface area contributed by atoms with Crippen molar-refractivity contribution in [3.8, 4) is 11.3 Å². The predicted octanol–water partition coefficient (Wildman–Crippen LogP) is 4.57. The standard InChI is InChI=1S/C27H36N6O/c1-4-13-32(26-21(3)8-7-11-29-26)14-12-28-25-20-24(23-10-6-9-22(5-2)19-23)30-27(31-25)33-15-17-34-18-16-33/h6-11,19-20H,4-5,12-18H2,1-3H3,(H,28,30,31). The lowest BCUT2D eigenvalue weighted by molar-refractivity contribution is 0.122. The zero-order valence-electron chi connectivity index (χ0n) is 20.6. The summed E-state index contributed by atoms with van der Waals surface area (Å²) in [5.41, 5.74) is 4.57. The van der Waals surface area contributed by atoms with Gasteiger partial charge in [0.1, 0.15) is 11.6 Å². The van der Waals surface area contributed by atoms with Crippen LogP contribution >= 0.6 is 0 Å². The fourth-order valence-corrected chi connectivity index (χ4v) is 4.25. The van der Waals surface area contributed by atoms with Gasteiger partial charge in [0.25, 0.3) is 0 Å². The molecule has 1 saturated heterocycles. The lowest BCUT2D eigenvalue weighted by atomic mass is 10.1. The Hall–Kier alpha value is -3.19. The molecule has 4 rings (SSSR count). The molecule has 0 atom stereocenters. The van der Waals surface area contributed by atoms with Crippen molar-refractivity contribution in [3.05, 3.63) is 59.8 Å². The zero-order chi connectivity index (χ0) is 23.8. The van der Waals surface area contributed by atoms with E-state index in [-0.39, 0.29) is 0 Å². The van der Waals surface area contributed by atoms with Crippen molar-refractivity contribution >= 4 is 17.6 Å². The second-order valence-electron chi connectivity index (χ2n) is 8.65. The fraction of sp³-hybridized carbons (Fsp3) is 0.444. The second-order valence-corrected chi connectivity index (χ2v) is 8.65. The zero-order valence-corrected chi connectivity index (χ0v) is 20.6. The number of pyridine rings is 1. The monoisotopic (exact) mass is 460 g/mol. The average molecular weight is 461 g/mol. The van der Waals surface area contributed by atoms with Gasteiger partial charge in [-0.1, -0.05) is 38.1 Å². The van der Waals surface area contributed by atoms with E-state index in [2.05, 4.69) is 77.3 Å². The molecule has 0 bridgehead atoms. The van der Waals surface area contributed by atoms with Crippen LogP contribution in [0, 0.1) is 6.92 Å². The van der Waals surface area contributed by atoms with Gasteiger partial charge >= 0.3 is 0 Å². The summed E-state index contributed by atoms with van der Waals surface area (Å²) >= 11 is 0. The molecule has 7 heteroatoms. The molecule has 3 aromatic rings. The average Bonchev–Trinajstić information content (AvgIpc) is 2.89. The van der Waals surface area contributed by atoms with E-state index in [1.54, 1.807) is 0 Å². The van der Waals surface area contributed by atoms with Crippen LogP contribution < -0.4 is 15.1 Å². The van der Waals surface area contributed by atoms with E-state index in [1.807, 2.05) is 12.3 Å². The molecule has 0 aliphatic carbocycles. The Morgan fingerprint density at radius 1 is 1.03 bits per heavy atom. The predicted molar refractivity (Wildman–Crippen MR) is 140 cm³/mol. The molecule has 1 aliphatic heterocycles. The number of hydrogen-bond acceptors (Lipinski definition) is 7. The largest absolute Gasteiger partial charge is 0.378 e. The van der Waals surface area contributed by atoms with Crippen molar-refractivity contribution in [1.29, 1.82) is 0 Å². The Kier molecular flexibility index (Phi) is 8.31. The number of hydrogen-bond donors (Lipinski definition) is 1. The van der Waals surface area contributed by atoms with Gasteiger partial charge in [-0.2, -0.15) is 4.98 Å². The minimum Gasteiger partial charge on any atom is -0.378 e. The SMILES string of the molecule is CCCN(CCNc1cc(-c2cccc(CC)c2)nc(N2CCOCC2)n1)c1ncccc1C. The number of nitrogens with one attached hydrogen (secondary N) is 1. The van der Waals surface area contributed by atoms with Gasteiger partial charge in [-0.15, -0.1) is 0 Å². The maximum absolute atomic E-state index is 5.54. The first-order valence-corrected chi connectivity index (χ1v) is 12.4. The Morgan fingerprint density at radius 2 is 1.88 bits per heavy atom. The van der Waals surface area contributed by atoms with E-state index in [0.29, 0.717) is 13.2 Å². The normalized spacial score (nSPS) is 13.7. The summed E-state index contributed by atoms with van der Waals surface area (Å²) in [7, 11) is 0. The van der Waals surface area contributed by atoms with E-state index in [9.17, 15) is 0 Å². The van der Waals surface area contributed by atoms with Gasteiger partial charge in [0.2, 0.25) is 5.95 Å². The summed E-state index contributed by atoms with van der Waals surface area (Å²) in [4.78, 5) is 19.0. The van der Waals surface area contributed by atoms with Crippen LogP contribution in [0.1, 0.15) is 31.4 Å². The Labute approximate surface area is 203 Å². The third-order valence-corrected chi connectivity index (χ3v) is 6.10. The van der Waals surface area contributed by atoms with Crippen molar-refractivity contribution in [2.45, 2.75) is 33.6 Å². The number of nitrogens with zero attached hydrogens (tertiary/aromatic N) is 5. The van der Waals surface area contributed by atoms with Crippen LogP contribution in [-0.2, 0) is 11.2 Å². The maximum Gasteiger partial charge on any atom is 0.228 e. The van der Waals surface area contributed by atoms with Crippen LogP contribution in [0.5, 0.6) is 0 Å². The number of morpholine rings is 1. The van der Waals surface area contributed by atoms with E-state index in [1.165, 1.54) is 11.1 Å². The molecule has 2 aromatic heterocycles. The first kappa shape index (κ1) is 24.0. The van der Waals surface area contributed by atoms with E-state index in [4.69, 9.17) is 14.7 Å². The highest BCUT2D eigenvalue weighted by atomic mass is 16.5. The quantitative estimate of drug-likeness (QED) is 0.475. The van der Waals surface area contributed by atoms with E-state index in [0.717, 1.165) is 74.4 Å². The van der Waals surface area contributed by atoms with E-state index >= 15 is 0 Å². The smallest absolute Gasteiger partial charge is 0.228 e. The highest BCUT2D eigenvalue weighted by molar-refractivity contribution is 5.65. The van der Waals surface area contributed by atoms with Crippen molar-refractivity contribution in [3.63, 3.8) is 0 Å². The molecule has 7 nitrogen and oxygen atoms in total. The molecule has 0 unspecified atom stereocenters. The molecule has 180 valence electrons. The minimum atomic E-state index is 0.705. The first-order chi connectivity index (χ1) is 16.7. The third kappa shape index (κ3) is 6.03. The van der Waals surface area contributed by atoms with Gasteiger partial charge < -0.3 is 19.9 Å². The number of rotatable bonds is 10. The van der Waals surface area contributed by atoms with E-state index < -0.39 is 0 Å². The lowest BCUT2D eigenvalue weighted by Gasteiger charge is -2.28. The molecular weight excluding hydrogens is 424 g/mol. The van der Waals surface area contributed by atoms with Crippen molar-refractivity contribution in [2.75, 3.05) is 61.1 Å². The molecule has 0 radical (unpaired) electrons. The Morgan fingerprint density at radius 3 is 2.65 bits per heavy atom. The van der Waals surface area contributed by atoms with Gasteiger partial charge in [0.15, 0.2) is 0 Å². The van der Waals surface area contributed by atoms with Gasteiger partial charge in [0, 0.05) is 50.6 Å². The number of benzene rings is 1. The number of aromatic nitrogens is 3. The maximum atomic E-state index is 5.54. The van der Waals surface area contributed by atoms with Crippen LogP contribution in [0.2, 0.25) is 0 Å². The van der Waals surface area contributed by atoms with Gasteiger partial charge in [-0.25, -0.2) is 9.97 Å². The summed E-state index contributed by atoms with van der Waals surface area (Å²) in [5.74, 6) is 2.67. The molecule has 1 aromatic carbocycles. The lowest BCUT2D eigenvalue weighted by Crippen LogP contribution is -2.37. The first-order valence-electron chi connectivity index (χ1n) is 12.4. The van der Waals surface area contributed by atoms with Crippen LogP contribution in [0.3, 0.4) is 0 Å². The highest BCUT2D eigenvalue weighted by Crippen LogP contribution is 2.25. The molecule has 0 spiro atoms. The summed E-state index contributed by atoms with van der Waals surface area (Å²) in [5, 5.41) is 3.56. The summed E-state index contributed by atoms with van der Waals surface area (Å²) in [6, 6.07) is 14.8. The minimum absolute atomic E-state index is 0.705. The highest BCUT2D eigenvalue weighted by Gasteiger charge is 2.17. The Bertz CT molecular complexity index is 1070. The molecule has 1 fully saturated rings. The van der Waals surface area contributed by atoms with Crippen LogP contribution in [0.25, 0.3) is 11.3 Å². The fourth-order valence-electron chi connectivity index (χ4n) is 4.25. The van der Waals surface area contributed by atoms with Gasteiger partial charge in [-0.3, -0.25) is 0 Å². The molecule has 0 amide bonds. The van der Waals surface area contributed by atoms with Crippen molar-refractivity contribution < 1.29 is 4.74 Å². The molecule has 0 saturated carbocycles. The molecule has 1 aliphatic rings. The third-order valence-electron chi connectivity index (χ3n) is 6.10. The van der Waals surface area contributed by atoms with Gasteiger partial charge in [0.05, 0.1) is 18.9 Å². The summed E-state index contributed by atoms with van der Waals surface area (Å²) in [6.07, 6.45) is 3.94. The summed E-state index contributed by atoms with van der Waals surface area (Å²) in [6.45, 7) is 12.1. The molecule has 1 N–H and O–H groups in total. The van der Waals surface area contributed by atoms with Gasteiger partial charge in [-0.05, 0) is 43.0 Å². The topological polar surface area (TPSA) is 66.4 Å². The number of aryl methyl sites for hydroxylation is 2. The molecular formula is C27H36N6O. The van der Waals surface area contributed by atoms with Crippen molar-refractivity contribution in [1.82, 2.24) is 15.0 Å². The van der Waals surface area contributed by atoms with Crippen LogP contribution in [-0.4, -0.2) is 60.9 Å². The number of ether oxygens (including phenoxy) is 1. The summed E-state index contributed by atoms with van der Waals surface area (Å²) < 4.78 is 5.54. The Balaban J connectivity index is 1.55. The van der Waals surface area contributed by atoms with Crippen LogP contribution in [0.15, 0.2) is 48.7 Å². The molecule has 3 heterocycles. The second kappa shape index (κ2) is 11.8.